The zero-order valence-corrected chi connectivity index (χ0v) is 13.4. The Balaban J connectivity index is 1.60. The molecular weight excluding hydrogens is 298 g/mol. The second kappa shape index (κ2) is 6.89. The van der Waals surface area contributed by atoms with Gasteiger partial charge in [-0.25, -0.2) is 9.78 Å². The molecule has 0 saturated carbocycles. The van der Waals surface area contributed by atoms with E-state index in [1.807, 2.05) is 6.20 Å². The summed E-state index contributed by atoms with van der Waals surface area (Å²) in [6.45, 7) is 4.55. The normalized spacial score (nSPS) is 14.9. The Hall–Kier alpha value is -1.92. The first-order valence-corrected chi connectivity index (χ1v) is 8.16. The molecule has 0 atom stereocenters. The van der Waals surface area contributed by atoms with E-state index in [0.29, 0.717) is 31.4 Å². The lowest BCUT2D eigenvalue weighted by atomic mass is 10.1. The van der Waals surface area contributed by atoms with E-state index < -0.39 is 0 Å². The number of rotatable bonds is 3. The van der Waals surface area contributed by atoms with Gasteiger partial charge in [0, 0.05) is 30.6 Å². The van der Waals surface area contributed by atoms with Gasteiger partial charge >= 0.3 is 6.03 Å². The second-order valence-electron chi connectivity index (χ2n) is 5.33. The first-order chi connectivity index (χ1) is 10.7. The lowest BCUT2D eigenvalue weighted by molar-refractivity contribution is 0.0564. The van der Waals surface area contributed by atoms with E-state index in [9.17, 15) is 4.79 Å². The largest absolute Gasteiger partial charge is 0.378 e. The number of amides is 2. The van der Waals surface area contributed by atoms with Crippen LogP contribution in [0.4, 0.5) is 9.93 Å². The first kappa shape index (κ1) is 15.0. The predicted octanol–water partition coefficient (Wildman–Crippen LogP) is 2.91. The molecule has 5 nitrogen and oxygen atoms in total. The minimum atomic E-state index is -0.0974. The van der Waals surface area contributed by atoms with E-state index in [4.69, 9.17) is 4.74 Å². The quantitative estimate of drug-likeness (QED) is 0.947. The Kier molecular flexibility index (Phi) is 4.70. The van der Waals surface area contributed by atoms with Crippen LogP contribution in [0.25, 0.3) is 0 Å². The van der Waals surface area contributed by atoms with Crippen molar-refractivity contribution in [1.29, 1.82) is 0 Å². The number of morpholine rings is 1. The van der Waals surface area contributed by atoms with Crippen LogP contribution < -0.4 is 5.32 Å². The van der Waals surface area contributed by atoms with E-state index >= 15 is 0 Å². The number of hydrogen-bond donors (Lipinski definition) is 1. The van der Waals surface area contributed by atoms with Crippen LogP contribution in [0, 0.1) is 6.92 Å². The number of aryl methyl sites for hydroxylation is 1. The van der Waals surface area contributed by atoms with Crippen molar-refractivity contribution in [2.75, 3.05) is 31.6 Å². The van der Waals surface area contributed by atoms with Gasteiger partial charge in [-0.15, -0.1) is 11.3 Å². The van der Waals surface area contributed by atoms with Gasteiger partial charge in [0.25, 0.3) is 0 Å². The Bertz CT molecular complexity index is 650. The van der Waals surface area contributed by atoms with Crippen LogP contribution in [0.15, 0.2) is 30.5 Å². The molecule has 0 radical (unpaired) electrons. The van der Waals surface area contributed by atoms with Gasteiger partial charge in [0.2, 0.25) is 0 Å². The topological polar surface area (TPSA) is 54.5 Å². The van der Waals surface area contributed by atoms with Gasteiger partial charge in [0.15, 0.2) is 5.13 Å². The molecule has 116 valence electrons. The summed E-state index contributed by atoms with van der Waals surface area (Å²) in [5, 5.41) is 3.52. The van der Waals surface area contributed by atoms with Gasteiger partial charge in [-0.3, -0.25) is 5.32 Å². The summed E-state index contributed by atoms with van der Waals surface area (Å²) in [5.74, 6) is 0. The molecule has 1 aromatic carbocycles. The summed E-state index contributed by atoms with van der Waals surface area (Å²) in [6.07, 6.45) is 2.68. The van der Waals surface area contributed by atoms with Crippen molar-refractivity contribution in [2.45, 2.75) is 13.3 Å². The van der Waals surface area contributed by atoms with Crippen LogP contribution in [0.2, 0.25) is 0 Å². The average Bonchev–Trinajstić information content (AvgIpc) is 2.95. The molecule has 0 spiro atoms. The fourth-order valence-electron chi connectivity index (χ4n) is 2.41. The summed E-state index contributed by atoms with van der Waals surface area (Å²) in [5.41, 5.74) is 2.51. The molecule has 1 aliphatic heterocycles. The van der Waals surface area contributed by atoms with Crippen LogP contribution in [-0.4, -0.2) is 42.2 Å². The third kappa shape index (κ3) is 3.84. The maximum Gasteiger partial charge on any atom is 0.323 e. The van der Waals surface area contributed by atoms with Crippen molar-refractivity contribution in [3.8, 4) is 0 Å². The zero-order chi connectivity index (χ0) is 15.4. The van der Waals surface area contributed by atoms with Crippen molar-refractivity contribution < 1.29 is 9.53 Å². The Labute approximate surface area is 133 Å². The third-order valence-corrected chi connectivity index (χ3v) is 4.44. The molecule has 1 fully saturated rings. The number of anilines is 1. The van der Waals surface area contributed by atoms with Crippen LogP contribution in [0.5, 0.6) is 0 Å². The average molecular weight is 317 g/mol. The van der Waals surface area contributed by atoms with Gasteiger partial charge in [-0.1, -0.05) is 29.8 Å². The maximum absolute atomic E-state index is 12.1. The van der Waals surface area contributed by atoms with Crippen molar-refractivity contribution in [1.82, 2.24) is 9.88 Å². The molecule has 0 unspecified atom stereocenters. The van der Waals surface area contributed by atoms with Crippen LogP contribution in [0.1, 0.15) is 16.0 Å². The molecule has 0 bridgehead atoms. The number of aromatic nitrogens is 1. The number of benzene rings is 1. The number of hydrogen-bond acceptors (Lipinski definition) is 4. The fourth-order valence-corrected chi connectivity index (χ4v) is 3.24. The number of carbonyl (C=O) groups is 1. The van der Waals surface area contributed by atoms with Crippen molar-refractivity contribution in [2.24, 2.45) is 0 Å². The molecule has 1 aliphatic rings. The van der Waals surface area contributed by atoms with Gasteiger partial charge in [-0.05, 0) is 12.5 Å². The number of urea groups is 1. The van der Waals surface area contributed by atoms with Crippen molar-refractivity contribution in [3.05, 3.63) is 46.5 Å². The highest BCUT2D eigenvalue weighted by Crippen LogP contribution is 2.22. The van der Waals surface area contributed by atoms with Crippen LogP contribution in [-0.2, 0) is 11.2 Å². The number of carbonyl (C=O) groups excluding carboxylic acids is 1. The monoisotopic (exact) mass is 317 g/mol. The van der Waals surface area contributed by atoms with E-state index in [-0.39, 0.29) is 6.03 Å². The minimum absolute atomic E-state index is 0.0974. The van der Waals surface area contributed by atoms with Gasteiger partial charge in [-0.2, -0.15) is 0 Å². The van der Waals surface area contributed by atoms with Gasteiger partial charge < -0.3 is 9.64 Å². The Morgan fingerprint density at radius 2 is 2.23 bits per heavy atom. The van der Waals surface area contributed by atoms with E-state index in [1.54, 1.807) is 4.90 Å². The molecule has 2 amide bonds. The molecule has 0 aliphatic carbocycles. The summed E-state index contributed by atoms with van der Waals surface area (Å²) < 4.78 is 5.25. The Morgan fingerprint density at radius 1 is 1.41 bits per heavy atom. The molecule has 6 heteroatoms. The highest BCUT2D eigenvalue weighted by molar-refractivity contribution is 7.15. The predicted molar refractivity (Wildman–Crippen MR) is 87.5 cm³/mol. The molecule has 1 aromatic heterocycles. The molecule has 22 heavy (non-hydrogen) atoms. The van der Waals surface area contributed by atoms with E-state index in [2.05, 4.69) is 41.5 Å². The number of thiazole rings is 1. The molecule has 2 aromatic rings. The zero-order valence-electron chi connectivity index (χ0n) is 12.5. The van der Waals surface area contributed by atoms with Crippen molar-refractivity contribution >= 4 is 22.5 Å². The highest BCUT2D eigenvalue weighted by Gasteiger charge is 2.17. The third-order valence-electron chi connectivity index (χ3n) is 3.53. The molecular formula is C16H19N3O2S. The Morgan fingerprint density at radius 3 is 3.00 bits per heavy atom. The second-order valence-corrected chi connectivity index (χ2v) is 6.44. The van der Waals surface area contributed by atoms with Crippen LogP contribution >= 0.6 is 11.3 Å². The molecule has 2 heterocycles. The van der Waals surface area contributed by atoms with E-state index in [0.717, 1.165) is 11.3 Å². The molecule has 3 rings (SSSR count). The highest BCUT2D eigenvalue weighted by atomic mass is 32.1. The summed E-state index contributed by atoms with van der Waals surface area (Å²) in [6, 6.07) is 8.33. The lowest BCUT2D eigenvalue weighted by Crippen LogP contribution is -2.43. The minimum Gasteiger partial charge on any atom is -0.378 e. The number of ether oxygens (including phenoxy) is 1. The molecule has 1 saturated heterocycles. The summed E-state index contributed by atoms with van der Waals surface area (Å²) in [4.78, 5) is 19.3. The van der Waals surface area contributed by atoms with Crippen LogP contribution in [0.3, 0.4) is 0 Å². The fraction of sp³-hybridized carbons (Fsp3) is 0.375. The summed E-state index contributed by atoms with van der Waals surface area (Å²) >= 11 is 1.52. The summed E-state index contributed by atoms with van der Waals surface area (Å²) in [7, 11) is 0. The number of nitrogens with one attached hydrogen (secondary N) is 1. The van der Waals surface area contributed by atoms with Gasteiger partial charge in [0.1, 0.15) is 0 Å². The first-order valence-electron chi connectivity index (χ1n) is 7.34. The number of nitrogens with zero attached hydrogens (tertiary/aromatic N) is 2. The smallest absolute Gasteiger partial charge is 0.323 e. The lowest BCUT2D eigenvalue weighted by Gasteiger charge is -2.26. The maximum atomic E-state index is 12.1. The van der Waals surface area contributed by atoms with E-state index in [1.165, 1.54) is 22.5 Å². The van der Waals surface area contributed by atoms with Crippen molar-refractivity contribution in [3.63, 3.8) is 0 Å². The SMILES string of the molecule is Cc1cccc(Cc2cnc(NC(=O)N3CCOCC3)s2)c1. The standard InChI is InChI=1S/C16H19N3O2S/c1-12-3-2-4-13(9-12)10-14-11-17-15(22-14)18-16(20)19-5-7-21-8-6-19/h2-4,9,11H,5-8,10H2,1H3,(H,17,18,20). The molecule has 1 N–H and O–H groups in total. The van der Waals surface area contributed by atoms with Gasteiger partial charge in [0.05, 0.1) is 13.2 Å².